The van der Waals surface area contributed by atoms with Crippen molar-refractivity contribution in [1.82, 2.24) is 9.62 Å². The summed E-state index contributed by atoms with van der Waals surface area (Å²) >= 11 is 0. The fourth-order valence-electron chi connectivity index (χ4n) is 3.42. The van der Waals surface area contributed by atoms with Gasteiger partial charge in [0.25, 0.3) is 5.91 Å². The summed E-state index contributed by atoms with van der Waals surface area (Å²) in [6, 6.07) is 12.1. The van der Waals surface area contributed by atoms with Crippen LogP contribution in [-0.2, 0) is 10.0 Å². The fraction of sp³-hybridized carbons (Fsp3) is 0.381. The minimum absolute atomic E-state index is 0.0257. The largest absolute Gasteiger partial charge is 0.371 e. The van der Waals surface area contributed by atoms with E-state index in [1.54, 1.807) is 11.9 Å². The molecule has 2 aromatic carbocycles. The Hall–Kier alpha value is -2.45. The first-order valence-electron chi connectivity index (χ1n) is 9.69. The van der Waals surface area contributed by atoms with Gasteiger partial charge in [0.15, 0.2) is 0 Å². The van der Waals surface area contributed by atoms with Crippen molar-refractivity contribution in [1.29, 1.82) is 0 Å². The number of hydrogen-bond donors (Lipinski definition) is 1. The monoisotopic (exact) mass is 419 g/mol. The molecular formula is C21H26FN3O3S. The highest BCUT2D eigenvalue weighted by Gasteiger charge is 2.27. The second kappa shape index (κ2) is 8.92. The van der Waals surface area contributed by atoms with Crippen LogP contribution in [0.25, 0.3) is 0 Å². The molecule has 1 fully saturated rings. The lowest BCUT2D eigenvalue weighted by molar-refractivity contribution is 0.0803. The van der Waals surface area contributed by atoms with E-state index >= 15 is 0 Å². The predicted octanol–water partition coefficient (Wildman–Crippen LogP) is 2.86. The van der Waals surface area contributed by atoms with Crippen LogP contribution < -0.4 is 9.62 Å². The summed E-state index contributed by atoms with van der Waals surface area (Å²) in [6.07, 6.45) is 1.24. The topological polar surface area (TPSA) is 69.7 Å². The van der Waals surface area contributed by atoms with Crippen molar-refractivity contribution in [3.05, 3.63) is 59.9 Å². The van der Waals surface area contributed by atoms with E-state index in [-0.39, 0.29) is 16.8 Å². The Morgan fingerprint density at radius 3 is 2.38 bits per heavy atom. The zero-order chi connectivity index (χ0) is 21.0. The van der Waals surface area contributed by atoms with E-state index < -0.39 is 15.8 Å². The highest BCUT2D eigenvalue weighted by atomic mass is 32.2. The Kier molecular flexibility index (Phi) is 6.54. The average Bonchev–Trinajstić information content (AvgIpc) is 2.73. The number of nitrogens with one attached hydrogen (secondary N) is 1. The second-order valence-electron chi connectivity index (χ2n) is 7.17. The standard InChI is InChI=1S/C21H26FN3O3S/c1-3-24(2)21(26)19-6-4-5-7-20(19)25-14-12-17(13-15-25)23-29(27,28)18-10-8-16(22)9-11-18/h4-11,17,23H,3,12-15H2,1-2H3. The van der Waals surface area contributed by atoms with E-state index in [9.17, 15) is 17.6 Å². The molecule has 0 aliphatic carbocycles. The molecule has 0 saturated carbocycles. The Balaban J connectivity index is 1.67. The number of anilines is 1. The summed E-state index contributed by atoms with van der Waals surface area (Å²) in [5, 5.41) is 0. The molecule has 8 heteroatoms. The van der Waals surface area contributed by atoms with Crippen molar-refractivity contribution in [2.45, 2.75) is 30.7 Å². The third-order valence-corrected chi connectivity index (χ3v) is 6.77. The molecule has 2 aromatic rings. The van der Waals surface area contributed by atoms with E-state index in [4.69, 9.17) is 0 Å². The van der Waals surface area contributed by atoms with Gasteiger partial charge in [-0.05, 0) is 56.2 Å². The Bertz CT molecular complexity index is 955. The van der Waals surface area contributed by atoms with Crippen molar-refractivity contribution < 1.29 is 17.6 Å². The van der Waals surface area contributed by atoms with Crippen molar-refractivity contribution in [2.24, 2.45) is 0 Å². The van der Waals surface area contributed by atoms with Crippen molar-refractivity contribution in [3.8, 4) is 0 Å². The van der Waals surface area contributed by atoms with E-state index in [2.05, 4.69) is 9.62 Å². The summed E-state index contributed by atoms with van der Waals surface area (Å²) in [7, 11) is -1.92. The number of halogens is 1. The number of carbonyl (C=O) groups is 1. The van der Waals surface area contributed by atoms with E-state index in [0.717, 1.165) is 17.8 Å². The summed E-state index contributed by atoms with van der Waals surface area (Å²) in [4.78, 5) is 16.5. The minimum atomic E-state index is -3.69. The fourth-order valence-corrected chi connectivity index (χ4v) is 4.72. The molecule has 0 unspecified atom stereocenters. The number of rotatable bonds is 6. The zero-order valence-corrected chi connectivity index (χ0v) is 17.5. The molecule has 1 N–H and O–H groups in total. The van der Waals surface area contributed by atoms with Gasteiger partial charge in [0.2, 0.25) is 10.0 Å². The van der Waals surface area contributed by atoms with Crippen molar-refractivity contribution in [3.63, 3.8) is 0 Å². The number of carbonyl (C=O) groups excluding carboxylic acids is 1. The Morgan fingerprint density at radius 1 is 1.14 bits per heavy atom. The van der Waals surface area contributed by atoms with Crippen LogP contribution in [0, 0.1) is 5.82 Å². The maximum atomic E-state index is 13.1. The van der Waals surface area contributed by atoms with Crippen LogP contribution in [0.5, 0.6) is 0 Å². The smallest absolute Gasteiger partial charge is 0.255 e. The van der Waals surface area contributed by atoms with Gasteiger partial charge < -0.3 is 9.80 Å². The minimum Gasteiger partial charge on any atom is -0.371 e. The predicted molar refractivity (Wildman–Crippen MR) is 111 cm³/mol. The van der Waals surface area contributed by atoms with Gasteiger partial charge in [-0.3, -0.25) is 4.79 Å². The van der Waals surface area contributed by atoms with Crippen molar-refractivity contribution >= 4 is 21.6 Å². The van der Waals surface area contributed by atoms with Crippen LogP contribution in [0.4, 0.5) is 10.1 Å². The van der Waals surface area contributed by atoms with E-state index in [1.807, 2.05) is 31.2 Å². The number of amides is 1. The molecule has 0 atom stereocenters. The number of nitrogens with zero attached hydrogens (tertiary/aromatic N) is 2. The number of hydrogen-bond acceptors (Lipinski definition) is 4. The van der Waals surface area contributed by atoms with Gasteiger partial charge in [0.05, 0.1) is 10.5 Å². The normalized spacial score (nSPS) is 15.3. The van der Waals surface area contributed by atoms with E-state index in [0.29, 0.717) is 38.0 Å². The van der Waals surface area contributed by atoms with Crippen LogP contribution in [0.3, 0.4) is 0 Å². The first kappa shape index (κ1) is 21.3. The van der Waals surface area contributed by atoms with Gasteiger partial charge in [-0.25, -0.2) is 17.5 Å². The van der Waals surface area contributed by atoms with E-state index in [1.165, 1.54) is 12.1 Å². The zero-order valence-electron chi connectivity index (χ0n) is 16.6. The maximum absolute atomic E-state index is 13.1. The van der Waals surface area contributed by atoms with Gasteiger partial charge in [-0.2, -0.15) is 0 Å². The summed E-state index contributed by atoms with van der Waals surface area (Å²) in [6.45, 7) is 3.83. The number of benzene rings is 2. The third-order valence-electron chi connectivity index (χ3n) is 5.24. The first-order chi connectivity index (χ1) is 13.8. The molecule has 1 aliphatic rings. The van der Waals surface area contributed by atoms with Crippen LogP contribution in [0.1, 0.15) is 30.1 Å². The highest BCUT2D eigenvalue weighted by molar-refractivity contribution is 7.89. The van der Waals surface area contributed by atoms with Crippen LogP contribution >= 0.6 is 0 Å². The lowest BCUT2D eigenvalue weighted by atomic mass is 10.0. The van der Waals surface area contributed by atoms with Gasteiger partial charge in [-0.1, -0.05) is 12.1 Å². The van der Waals surface area contributed by atoms with Crippen molar-refractivity contribution in [2.75, 3.05) is 31.6 Å². The Morgan fingerprint density at radius 2 is 1.76 bits per heavy atom. The van der Waals surface area contributed by atoms with Gasteiger partial charge >= 0.3 is 0 Å². The molecule has 6 nitrogen and oxygen atoms in total. The molecule has 1 saturated heterocycles. The summed E-state index contributed by atoms with van der Waals surface area (Å²) < 4.78 is 40.8. The second-order valence-corrected chi connectivity index (χ2v) is 8.89. The lowest BCUT2D eigenvalue weighted by Crippen LogP contribution is -2.45. The average molecular weight is 420 g/mol. The Labute approximate surface area is 171 Å². The third kappa shape index (κ3) is 4.94. The maximum Gasteiger partial charge on any atom is 0.255 e. The van der Waals surface area contributed by atoms with Gasteiger partial charge in [0.1, 0.15) is 5.82 Å². The molecule has 1 aliphatic heterocycles. The molecule has 0 aromatic heterocycles. The van der Waals surface area contributed by atoms with Gasteiger partial charge in [0, 0.05) is 38.4 Å². The summed E-state index contributed by atoms with van der Waals surface area (Å²) in [5.41, 5.74) is 1.53. The van der Waals surface area contributed by atoms with Gasteiger partial charge in [-0.15, -0.1) is 0 Å². The number of para-hydroxylation sites is 1. The molecule has 156 valence electrons. The number of sulfonamides is 1. The molecule has 3 rings (SSSR count). The first-order valence-corrected chi connectivity index (χ1v) is 11.2. The highest BCUT2D eigenvalue weighted by Crippen LogP contribution is 2.26. The van der Waals surface area contributed by atoms with Crippen LogP contribution in [-0.4, -0.2) is 51.9 Å². The summed E-state index contributed by atoms with van der Waals surface area (Å²) in [5.74, 6) is -0.499. The van der Waals surface area contributed by atoms with Crippen LogP contribution in [0.15, 0.2) is 53.4 Å². The SMILES string of the molecule is CCN(C)C(=O)c1ccccc1N1CCC(NS(=O)(=O)c2ccc(F)cc2)CC1. The van der Waals surface area contributed by atoms with Crippen LogP contribution in [0.2, 0.25) is 0 Å². The molecule has 29 heavy (non-hydrogen) atoms. The number of piperidine rings is 1. The molecule has 1 heterocycles. The molecule has 1 amide bonds. The lowest BCUT2D eigenvalue weighted by Gasteiger charge is -2.35. The molecular weight excluding hydrogens is 393 g/mol. The molecule has 0 spiro atoms. The quantitative estimate of drug-likeness (QED) is 0.782. The molecule has 0 radical (unpaired) electrons. The molecule has 0 bridgehead atoms.